The third-order valence-electron chi connectivity index (χ3n) is 10.9. The Morgan fingerprint density at radius 3 is 2.42 bits per heavy atom. The van der Waals surface area contributed by atoms with Crippen LogP contribution in [0.15, 0.2) is 43.1 Å². The number of pyridine rings is 1. The molecule has 272 valence electrons. The number of hydrogen-bond donors (Lipinski definition) is 1. The van der Waals surface area contributed by atoms with Crippen LogP contribution in [0.25, 0.3) is 10.8 Å². The highest BCUT2D eigenvalue weighted by Crippen LogP contribution is 2.57. The quantitative estimate of drug-likeness (QED) is 0.226. The number of rotatable bonds is 16. The van der Waals surface area contributed by atoms with Gasteiger partial charge in [0.1, 0.15) is 17.6 Å². The van der Waals surface area contributed by atoms with Crippen LogP contribution in [0, 0.1) is 28.6 Å². The highest BCUT2D eigenvalue weighted by Gasteiger charge is 2.61. The molecule has 1 saturated heterocycles. The molecule has 0 spiro atoms. The van der Waals surface area contributed by atoms with E-state index in [0.717, 1.165) is 10.8 Å². The number of methoxy groups -OCH3 is 1. The van der Waals surface area contributed by atoms with E-state index in [1.54, 1.807) is 25.4 Å². The molecule has 1 aromatic carbocycles. The summed E-state index contributed by atoms with van der Waals surface area (Å²) in [5.74, 6) is -1.57. The molecule has 0 bridgehead atoms. The Balaban J connectivity index is 1.45. The standard InChI is InChI=1S/C38H51N3O8S/c1-8-23(9-2)32(42)19-30(37(4,5)6)35(44)41-22-27(49-34-29-14-11-26(48-7)17-24(29)15-16-39-34)18-31(41)33(43)21-38(20-25(38)10-3)36(45)40-50(46,47)28-12-13-28/h10-11,14-17,23,25,27-28,30-31H,3,8-9,12-13,18-22H2,1-2,4-7H3,(H,40,45)/t25-,27-,30-,31+,38-/m1/s1. The summed E-state index contributed by atoms with van der Waals surface area (Å²) in [6.45, 7) is 13.6. The maximum absolute atomic E-state index is 14.6. The van der Waals surface area contributed by atoms with Crippen molar-refractivity contribution in [1.82, 2.24) is 14.6 Å². The van der Waals surface area contributed by atoms with Crippen LogP contribution in [0.3, 0.4) is 0 Å². The number of allylic oxidation sites excluding steroid dienone is 1. The summed E-state index contributed by atoms with van der Waals surface area (Å²) < 4.78 is 39.4. The van der Waals surface area contributed by atoms with Gasteiger partial charge in [-0.25, -0.2) is 13.4 Å². The van der Waals surface area contributed by atoms with Crippen LogP contribution in [0.4, 0.5) is 0 Å². The van der Waals surface area contributed by atoms with Crippen LogP contribution in [-0.2, 0) is 29.2 Å². The second-order valence-electron chi connectivity index (χ2n) is 15.3. The van der Waals surface area contributed by atoms with E-state index in [0.29, 0.717) is 37.3 Å². The fourth-order valence-electron chi connectivity index (χ4n) is 7.32. The van der Waals surface area contributed by atoms with E-state index in [4.69, 9.17) is 9.47 Å². The Bertz CT molecular complexity index is 1760. The van der Waals surface area contributed by atoms with Crippen molar-refractivity contribution < 1.29 is 37.1 Å². The van der Waals surface area contributed by atoms with Gasteiger partial charge in [0.15, 0.2) is 5.78 Å². The fourth-order valence-corrected chi connectivity index (χ4v) is 8.71. The van der Waals surface area contributed by atoms with Crippen molar-refractivity contribution >= 4 is 44.2 Å². The molecule has 50 heavy (non-hydrogen) atoms. The zero-order chi connectivity index (χ0) is 36.6. The lowest BCUT2D eigenvalue weighted by molar-refractivity contribution is -0.146. The summed E-state index contributed by atoms with van der Waals surface area (Å²) in [4.78, 5) is 61.9. The summed E-state index contributed by atoms with van der Waals surface area (Å²) >= 11 is 0. The minimum Gasteiger partial charge on any atom is -0.497 e. The van der Waals surface area contributed by atoms with E-state index in [1.165, 1.54) is 4.90 Å². The molecule has 2 amide bonds. The minimum absolute atomic E-state index is 0.0211. The van der Waals surface area contributed by atoms with Crippen molar-refractivity contribution in [2.24, 2.45) is 28.6 Å². The number of amides is 2. The number of aromatic nitrogens is 1. The molecule has 1 aliphatic heterocycles. The summed E-state index contributed by atoms with van der Waals surface area (Å²) in [5.41, 5.74) is -1.86. The lowest BCUT2D eigenvalue weighted by atomic mass is 9.75. The average molecular weight is 710 g/mol. The number of nitrogens with one attached hydrogen (secondary N) is 1. The zero-order valence-electron chi connectivity index (χ0n) is 30.1. The third-order valence-corrected chi connectivity index (χ3v) is 12.7. The van der Waals surface area contributed by atoms with Crippen LogP contribution in [0.5, 0.6) is 11.6 Å². The molecule has 3 fully saturated rings. The molecule has 11 nitrogen and oxygen atoms in total. The van der Waals surface area contributed by atoms with Crippen molar-refractivity contribution in [3.63, 3.8) is 0 Å². The second-order valence-corrected chi connectivity index (χ2v) is 17.3. The number of sulfonamides is 1. The molecule has 5 atom stereocenters. The van der Waals surface area contributed by atoms with E-state index >= 15 is 0 Å². The van der Waals surface area contributed by atoms with E-state index in [2.05, 4.69) is 16.3 Å². The first kappa shape index (κ1) is 37.5. The van der Waals surface area contributed by atoms with Crippen LogP contribution >= 0.6 is 0 Å². The number of hydrogen-bond acceptors (Lipinski definition) is 9. The van der Waals surface area contributed by atoms with Gasteiger partial charge in [-0.15, -0.1) is 6.58 Å². The molecule has 0 unspecified atom stereocenters. The number of benzene rings is 1. The van der Waals surface area contributed by atoms with Gasteiger partial charge in [-0.1, -0.05) is 40.7 Å². The highest BCUT2D eigenvalue weighted by atomic mass is 32.2. The number of fused-ring (bicyclic) bond motifs is 1. The highest BCUT2D eigenvalue weighted by molar-refractivity contribution is 7.90. The molecule has 5 rings (SSSR count). The van der Waals surface area contributed by atoms with Gasteiger partial charge in [-0.2, -0.15) is 0 Å². The van der Waals surface area contributed by atoms with Crippen molar-refractivity contribution in [1.29, 1.82) is 0 Å². The molecule has 1 N–H and O–H groups in total. The van der Waals surface area contributed by atoms with Crippen LogP contribution in [0.1, 0.15) is 86.0 Å². The van der Waals surface area contributed by atoms with Crippen molar-refractivity contribution in [3.05, 3.63) is 43.1 Å². The molecule has 2 aliphatic carbocycles. The Hall–Kier alpha value is -3.80. The number of ether oxygens (including phenoxy) is 2. The van der Waals surface area contributed by atoms with Gasteiger partial charge in [-0.3, -0.25) is 23.9 Å². The van der Waals surface area contributed by atoms with Gasteiger partial charge >= 0.3 is 0 Å². The van der Waals surface area contributed by atoms with E-state index in [1.807, 2.05) is 52.8 Å². The van der Waals surface area contributed by atoms with Crippen molar-refractivity contribution in [2.45, 2.75) is 103 Å². The predicted molar refractivity (Wildman–Crippen MR) is 190 cm³/mol. The lowest BCUT2D eigenvalue weighted by Crippen LogP contribution is -2.48. The Morgan fingerprint density at radius 2 is 1.84 bits per heavy atom. The molecule has 2 saturated carbocycles. The Morgan fingerprint density at radius 1 is 1.14 bits per heavy atom. The maximum Gasteiger partial charge on any atom is 0.240 e. The normalized spacial score (nSPS) is 24.1. The largest absolute Gasteiger partial charge is 0.497 e. The van der Waals surface area contributed by atoms with Crippen LogP contribution in [-0.4, -0.2) is 72.7 Å². The molecule has 0 radical (unpaired) electrons. The summed E-state index contributed by atoms with van der Waals surface area (Å²) in [7, 11) is -2.25. The first-order valence-electron chi connectivity index (χ1n) is 17.7. The first-order chi connectivity index (χ1) is 23.6. The summed E-state index contributed by atoms with van der Waals surface area (Å²) in [6, 6.07) is 6.40. The van der Waals surface area contributed by atoms with Gasteiger partial charge in [-0.05, 0) is 73.1 Å². The van der Waals surface area contributed by atoms with Gasteiger partial charge in [0, 0.05) is 42.7 Å². The fraction of sp³-hybridized carbons (Fsp3) is 0.605. The molecule has 2 heterocycles. The zero-order valence-corrected chi connectivity index (χ0v) is 30.9. The monoisotopic (exact) mass is 709 g/mol. The predicted octanol–water partition coefficient (Wildman–Crippen LogP) is 5.41. The van der Waals surface area contributed by atoms with Gasteiger partial charge in [0.2, 0.25) is 27.7 Å². The second kappa shape index (κ2) is 14.4. The molecule has 3 aliphatic rings. The van der Waals surface area contributed by atoms with Crippen LogP contribution < -0.4 is 14.2 Å². The number of carbonyl (C=O) groups excluding carboxylic acids is 4. The number of likely N-dealkylation sites (tertiary alicyclic amines) is 1. The van der Waals surface area contributed by atoms with E-state index in [9.17, 15) is 27.6 Å². The minimum atomic E-state index is -3.83. The number of nitrogens with zero attached hydrogens (tertiary/aromatic N) is 2. The van der Waals surface area contributed by atoms with Crippen molar-refractivity contribution in [2.75, 3.05) is 13.7 Å². The third kappa shape index (κ3) is 7.75. The number of ketones is 2. The topological polar surface area (TPSA) is 149 Å². The molecule has 2 aromatic rings. The van der Waals surface area contributed by atoms with Crippen molar-refractivity contribution in [3.8, 4) is 11.6 Å². The van der Waals surface area contributed by atoms with Gasteiger partial charge < -0.3 is 14.4 Å². The summed E-state index contributed by atoms with van der Waals surface area (Å²) in [6.07, 6.45) is 5.16. The smallest absolute Gasteiger partial charge is 0.240 e. The SMILES string of the molecule is C=C[C@@H]1C[C@]1(CC(=O)[C@@H]1C[C@@H](Oc2nccc3cc(OC)ccc23)CN1C(=O)[C@@H](CC(=O)C(CC)CC)C(C)(C)C)C(=O)NS(=O)(=O)C1CC1. The molecule has 12 heteroatoms. The molecule has 1 aromatic heterocycles. The lowest BCUT2D eigenvalue weighted by Gasteiger charge is -2.35. The Kier molecular flexibility index (Phi) is 10.8. The van der Waals surface area contributed by atoms with Gasteiger partial charge in [0.05, 0.1) is 30.4 Å². The van der Waals surface area contributed by atoms with E-state index < -0.39 is 50.1 Å². The average Bonchev–Trinajstić information content (AvgIpc) is 4.00. The maximum atomic E-state index is 14.6. The summed E-state index contributed by atoms with van der Waals surface area (Å²) in [5, 5.41) is 0.990. The van der Waals surface area contributed by atoms with E-state index in [-0.39, 0.29) is 61.5 Å². The van der Waals surface area contributed by atoms with Gasteiger partial charge in [0.25, 0.3) is 0 Å². The molecular weight excluding hydrogens is 658 g/mol. The van der Waals surface area contributed by atoms with Crippen LogP contribution in [0.2, 0.25) is 0 Å². The first-order valence-corrected chi connectivity index (χ1v) is 19.3. The Labute approximate surface area is 295 Å². The number of Topliss-reactive ketones (excluding diaryl/α,β-unsaturated/α-hetero) is 2. The molecular formula is C38H51N3O8S. The number of carbonyl (C=O) groups is 4.